The third kappa shape index (κ3) is 4.55. The number of nitrogens with zero attached hydrogens (tertiary/aromatic N) is 1. The zero-order chi connectivity index (χ0) is 13.9. The summed E-state index contributed by atoms with van der Waals surface area (Å²) in [6, 6.07) is 1.41. The zero-order valence-electron chi connectivity index (χ0n) is 13.6. The number of piperidine rings is 1. The molecule has 0 bridgehead atoms. The summed E-state index contributed by atoms with van der Waals surface area (Å²) in [4.78, 5) is 2.75. The highest BCUT2D eigenvalue weighted by atomic mass is 15.2. The quantitative estimate of drug-likeness (QED) is 0.826. The number of likely N-dealkylation sites (tertiary alicyclic amines) is 1. The van der Waals surface area contributed by atoms with Crippen molar-refractivity contribution in [3.8, 4) is 0 Å². The van der Waals surface area contributed by atoms with Gasteiger partial charge in [0.1, 0.15) is 0 Å². The van der Waals surface area contributed by atoms with Gasteiger partial charge >= 0.3 is 0 Å². The minimum absolute atomic E-state index is 0.226. The Bertz CT molecular complexity index is 244. The monoisotopic (exact) mass is 254 g/mol. The third-order valence-corrected chi connectivity index (χ3v) is 4.45. The maximum absolute atomic E-state index is 3.68. The number of hydrogen-bond donors (Lipinski definition) is 1. The molecule has 0 aromatic rings. The van der Waals surface area contributed by atoms with E-state index in [9.17, 15) is 0 Å². The van der Waals surface area contributed by atoms with Crippen molar-refractivity contribution in [1.29, 1.82) is 0 Å². The van der Waals surface area contributed by atoms with Crippen molar-refractivity contribution in [3.63, 3.8) is 0 Å². The Hall–Kier alpha value is -0.0800. The van der Waals surface area contributed by atoms with E-state index in [1.165, 1.54) is 19.4 Å². The molecule has 0 aromatic heterocycles. The minimum Gasteiger partial charge on any atom is -0.311 e. The van der Waals surface area contributed by atoms with Gasteiger partial charge in [0.05, 0.1) is 0 Å². The van der Waals surface area contributed by atoms with Crippen molar-refractivity contribution in [1.82, 2.24) is 10.2 Å². The predicted molar refractivity (Wildman–Crippen MR) is 80.9 cm³/mol. The Balaban J connectivity index is 2.62. The zero-order valence-corrected chi connectivity index (χ0v) is 13.6. The van der Waals surface area contributed by atoms with Crippen LogP contribution in [0.25, 0.3) is 0 Å². The summed E-state index contributed by atoms with van der Waals surface area (Å²) >= 11 is 0. The molecule has 1 saturated heterocycles. The van der Waals surface area contributed by atoms with Gasteiger partial charge in [0.25, 0.3) is 0 Å². The molecule has 18 heavy (non-hydrogen) atoms. The molecule has 4 unspecified atom stereocenters. The second-order valence-electron chi connectivity index (χ2n) is 7.45. The van der Waals surface area contributed by atoms with Crippen molar-refractivity contribution in [2.75, 3.05) is 13.1 Å². The lowest BCUT2D eigenvalue weighted by molar-refractivity contribution is 0.0363. The smallest absolute Gasteiger partial charge is 0.0221 e. The molecule has 1 aliphatic heterocycles. The van der Waals surface area contributed by atoms with Gasteiger partial charge in [-0.05, 0) is 52.4 Å². The van der Waals surface area contributed by atoms with E-state index in [4.69, 9.17) is 0 Å². The topological polar surface area (TPSA) is 15.3 Å². The summed E-state index contributed by atoms with van der Waals surface area (Å²) in [7, 11) is 0. The van der Waals surface area contributed by atoms with Crippen LogP contribution >= 0.6 is 0 Å². The Morgan fingerprint density at radius 2 is 1.83 bits per heavy atom. The Morgan fingerprint density at radius 1 is 1.22 bits per heavy atom. The van der Waals surface area contributed by atoms with E-state index in [2.05, 4.69) is 58.7 Å². The van der Waals surface area contributed by atoms with Crippen LogP contribution in [0.4, 0.5) is 0 Å². The summed E-state index contributed by atoms with van der Waals surface area (Å²) in [6.07, 6.45) is 2.63. The van der Waals surface area contributed by atoms with Gasteiger partial charge in [0.2, 0.25) is 0 Å². The SMILES string of the molecule is CCC(CNC(C)(C)C)N1CC(C)CC(C)C1C. The molecule has 1 aliphatic rings. The van der Waals surface area contributed by atoms with E-state index in [0.717, 1.165) is 24.4 Å². The highest BCUT2D eigenvalue weighted by Crippen LogP contribution is 2.29. The fraction of sp³-hybridized carbons (Fsp3) is 1.00. The lowest BCUT2D eigenvalue weighted by atomic mass is 9.84. The van der Waals surface area contributed by atoms with Gasteiger partial charge in [0, 0.05) is 30.7 Å². The highest BCUT2D eigenvalue weighted by molar-refractivity contribution is 4.88. The number of nitrogens with one attached hydrogen (secondary N) is 1. The number of hydrogen-bond acceptors (Lipinski definition) is 2. The molecule has 4 atom stereocenters. The first-order chi connectivity index (χ1) is 8.24. The molecule has 1 rings (SSSR count). The summed E-state index contributed by atoms with van der Waals surface area (Å²) in [5, 5.41) is 3.68. The first-order valence-corrected chi connectivity index (χ1v) is 7.75. The van der Waals surface area contributed by atoms with Crippen molar-refractivity contribution in [2.24, 2.45) is 11.8 Å². The number of rotatable bonds is 4. The van der Waals surface area contributed by atoms with E-state index in [0.29, 0.717) is 6.04 Å². The predicted octanol–water partition coefficient (Wildman–Crippen LogP) is 3.52. The van der Waals surface area contributed by atoms with Crippen LogP contribution in [-0.4, -0.2) is 35.6 Å². The van der Waals surface area contributed by atoms with E-state index in [-0.39, 0.29) is 5.54 Å². The van der Waals surface area contributed by atoms with E-state index in [1.54, 1.807) is 0 Å². The molecule has 0 saturated carbocycles. The van der Waals surface area contributed by atoms with Gasteiger partial charge < -0.3 is 5.32 Å². The molecule has 2 nitrogen and oxygen atoms in total. The van der Waals surface area contributed by atoms with Gasteiger partial charge in [-0.2, -0.15) is 0 Å². The van der Waals surface area contributed by atoms with Gasteiger partial charge in [-0.3, -0.25) is 4.90 Å². The van der Waals surface area contributed by atoms with Crippen molar-refractivity contribution in [2.45, 2.75) is 78.9 Å². The van der Waals surface area contributed by atoms with Crippen molar-refractivity contribution < 1.29 is 0 Å². The largest absolute Gasteiger partial charge is 0.311 e. The van der Waals surface area contributed by atoms with Gasteiger partial charge in [-0.15, -0.1) is 0 Å². The molecule has 0 amide bonds. The van der Waals surface area contributed by atoms with E-state index in [1.807, 2.05) is 0 Å². The van der Waals surface area contributed by atoms with Crippen LogP contribution in [0.15, 0.2) is 0 Å². The fourth-order valence-corrected chi connectivity index (χ4v) is 3.16. The van der Waals surface area contributed by atoms with Gasteiger partial charge in [0.15, 0.2) is 0 Å². The van der Waals surface area contributed by atoms with Crippen LogP contribution in [0, 0.1) is 11.8 Å². The molecule has 0 spiro atoms. The summed E-state index contributed by atoms with van der Waals surface area (Å²) in [5.74, 6) is 1.68. The second kappa shape index (κ2) is 6.38. The fourth-order valence-electron chi connectivity index (χ4n) is 3.16. The molecular formula is C16H34N2. The van der Waals surface area contributed by atoms with Crippen LogP contribution in [0.2, 0.25) is 0 Å². The van der Waals surface area contributed by atoms with Crippen molar-refractivity contribution >= 4 is 0 Å². The summed E-state index contributed by atoms with van der Waals surface area (Å²) in [6.45, 7) is 18.7. The van der Waals surface area contributed by atoms with Crippen LogP contribution in [0.1, 0.15) is 61.3 Å². The summed E-state index contributed by atoms with van der Waals surface area (Å²) in [5.41, 5.74) is 0.226. The third-order valence-electron chi connectivity index (χ3n) is 4.45. The molecule has 0 radical (unpaired) electrons. The Kier molecular flexibility index (Phi) is 5.67. The van der Waals surface area contributed by atoms with Crippen molar-refractivity contribution in [3.05, 3.63) is 0 Å². The normalized spacial score (nSPS) is 32.5. The molecule has 108 valence electrons. The highest BCUT2D eigenvalue weighted by Gasteiger charge is 2.32. The van der Waals surface area contributed by atoms with E-state index < -0.39 is 0 Å². The standard InChI is InChI=1S/C16H34N2/c1-8-15(10-17-16(5,6)7)18-11-12(2)9-13(3)14(18)4/h12-15,17H,8-11H2,1-7H3. The lowest BCUT2D eigenvalue weighted by Gasteiger charge is -2.46. The lowest BCUT2D eigenvalue weighted by Crippen LogP contribution is -2.55. The molecule has 1 N–H and O–H groups in total. The molecular weight excluding hydrogens is 220 g/mol. The summed E-state index contributed by atoms with van der Waals surface area (Å²) < 4.78 is 0. The van der Waals surface area contributed by atoms with E-state index >= 15 is 0 Å². The molecule has 2 heteroatoms. The Labute approximate surface area is 115 Å². The molecule has 1 heterocycles. The van der Waals surface area contributed by atoms with Crippen LogP contribution < -0.4 is 5.32 Å². The second-order valence-corrected chi connectivity index (χ2v) is 7.45. The minimum atomic E-state index is 0.226. The average Bonchev–Trinajstić information content (AvgIpc) is 2.24. The molecule has 0 aromatic carbocycles. The first-order valence-electron chi connectivity index (χ1n) is 7.75. The van der Waals surface area contributed by atoms with Crippen LogP contribution in [0.3, 0.4) is 0 Å². The maximum Gasteiger partial charge on any atom is 0.0221 e. The molecule has 1 fully saturated rings. The van der Waals surface area contributed by atoms with Gasteiger partial charge in [-0.25, -0.2) is 0 Å². The average molecular weight is 254 g/mol. The van der Waals surface area contributed by atoms with Crippen LogP contribution in [-0.2, 0) is 0 Å². The molecule has 0 aliphatic carbocycles. The van der Waals surface area contributed by atoms with Crippen LogP contribution in [0.5, 0.6) is 0 Å². The van der Waals surface area contributed by atoms with Gasteiger partial charge in [-0.1, -0.05) is 20.8 Å². The first kappa shape index (κ1) is 16.0. The maximum atomic E-state index is 3.68. The Morgan fingerprint density at radius 3 is 2.33 bits per heavy atom.